The summed E-state index contributed by atoms with van der Waals surface area (Å²) in [7, 11) is -3.74. The van der Waals surface area contributed by atoms with Crippen molar-refractivity contribution in [3.05, 3.63) is 47.7 Å². The Morgan fingerprint density at radius 3 is 2.53 bits per heavy atom. The van der Waals surface area contributed by atoms with Crippen LogP contribution in [-0.4, -0.2) is 18.5 Å². The fourth-order valence-electron chi connectivity index (χ4n) is 1.74. The van der Waals surface area contributed by atoms with Gasteiger partial charge in [0.05, 0.1) is 4.90 Å². The number of benzene rings is 1. The summed E-state index contributed by atoms with van der Waals surface area (Å²) >= 11 is 0. The third kappa shape index (κ3) is 3.23. The van der Waals surface area contributed by atoms with Gasteiger partial charge in [-0.25, -0.2) is 13.4 Å². The molecule has 0 aliphatic carbocycles. The van der Waals surface area contributed by atoms with Crippen molar-refractivity contribution in [3.8, 4) is 5.75 Å². The first-order valence-corrected chi connectivity index (χ1v) is 7.12. The third-order valence-corrected chi connectivity index (χ3v) is 3.82. The van der Waals surface area contributed by atoms with E-state index in [-0.39, 0.29) is 16.5 Å². The third-order valence-electron chi connectivity index (χ3n) is 2.46. The highest BCUT2D eigenvalue weighted by atomic mass is 32.2. The summed E-state index contributed by atoms with van der Waals surface area (Å²) in [5.41, 5.74) is 1.65. The summed E-state index contributed by atoms with van der Waals surface area (Å²) < 4.78 is 26.6. The SMILES string of the molecule is Cc1cc(C)nc(NS(=O)(=O)c2cccc(O)c2)c1. The largest absolute Gasteiger partial charge is 0.508 e. The maximum atomic E-state index is 12.1. The average molecular weight is 278 g/mol. The van der Waals surface area contributed by atoms with E-state index in [2.05, 4.69) is 9.71 Å². The van der Waals surface area contributed by atoms with Crippen molar-refractivity contribution < 1.29 is 13.5 Å². The number of anilines is 1. The second kappa shape index (κ2) is 4.89. The normalized spacial score (nSPS) is 11.3. The second-order valence-electron chi connectivity index (χ2n) is 4.27. The van der Waals surface area contributed by atoms with Crippen LogP contribution in [0.25, 0.3) is 0 Å². The van der Waals surface area contributed by atoms with Crippen LogP contribution in [0.1, 0.15) is 11.3 Å². The van der Waals surface area contributed by atoms with E-state index < -0.39 is 10.0 Å². The molecule has 0 radical (unpaired) electrons. The number of phenols is 1. The van der Waals surface area contributed by atoms with Gasteiger partial charge in [0.15, 0.2) is 0 Å². The van der Waals surface area contributed by atoms with Crippen LogP contribution in [0, 0.1) is 13.8 Å². The smallest absolute Gasteiger partial charge is 0.263 e. The van der Waals surface area contributed by atoms with E-state index in [9.17, 15) is 13.5 Å². The van der Waals surface area contributed by atoms with Gasteiger partial charge in [0.2, 0.25) is 0 Å². The molecule has 100 valence electrons. The Kier molecular flexibility index (Phi) is 3.44. The zero-order valence-electron chi connectivity index (χ0n) is 10.6. The number of sulfonamides is 1. The van der Waals surface area contributed by atoms with Crippen LogP contribution >= 0.6 is 0 Å². The van der Waals surface area contributed by atoms with Crippen LogP contribution in [0.3, 0.4) is 0 Å². The van der Waals surface area contributed by atoms with Gasteiger partial charge in [-0.05, 0) is 43.7 Å². The Balaban J connectivity index is 2.36. The van der Waals surface area contributed by atoms with Gasteiger partial charge < -0.3 is 5.11 Å². The highest BCUT2D eigenvalue weighted by Crippen LogP contribution is 2.19. The first kappa shape index (κ1) is 13.4. The molecule has 0 saturated carbocycles. The van der Waals surface area contributed by atoms with Gasteiger partial charge >= 0.3 is 0 Å². The molecule has 2 aromatic rings. The predicted octanol–water partition coefficient (Wildman–Crippen LogP) is 2.20. The summed E-state index contributed by atoms with van der Waals surface area (Å²) in [5, 5.41) is 9.32. The molecule has 1 aromatic heterocycles. The van der Waals surface area contributed by atoms with Crippen molar-refractivity contribution in [1.82, 2.24) is 4.98 Å². The van der Waals surface area contributed by atoms with Crippen LogP contribution < -0.4 is 4.72 Å². The molecule has 0 amide bonds. The van der Waals surface area contributed by atoms with Crippen molar-refractivity contribution >= 4 is 15.8 Å². The van der Waals surface area contributed by atoms with Crippen molar-refractivity contribution in [2.45, 2.75) is 18.7 Å². The van der Waals surface area contributed by atoms with E-state index >= 15 is 0 Å². The maximum absolute atomic E-state index is 12.1. The molecule has 0 aliphatic rings. The number of rotatable bonds is 3. The molecule has 0 bridgehead atoms. The number of phenolic OH excluding ortho intramolecular Hbond substituents is 1. The lowest BCUT2D eigenvalue weighted by Crippen LogP contribution is -2.14. The predicted molar refractivity (Wildman–Crippen MR) is 72.6 cm³/mol. The molecule has 19 heavy (non-hydrogen) atoms. The zero-order valence-corrected chi connectivity index (χ0v) is 11.4. The number of hydrogen-bond donors (Lipinski definition) is 2. The number of pyridine rings is 1. The lowest BCUT2D eigenvalue weighted by atomic mass is 10.2. The fourth-order valence-corrected chi connectivity index (χ4v) is 2.77. The number of nitrogens with one attached hydrogen (secondary N) is 1. The summed E-state index contributed by atoms with van der Waals surface area (Å²) in [4.78, 5) is 4.11. The van der Waals surface area contributed by atoms with Crippen molar-refractivity contribution in [2.75, 3.05) is 4.72 Å². The monoisotopic (exact) mass is 278 g/mol. The van der Waals surface area contributed by atoms with Gasteiger partial charge in [-0.15, -0.1) is 0 Å². The van der Waals surface area contributed by atoms with Gasteiger partial charge in [0.25, 0.3) is 10.0 Å². The summed E-state index contributed by atoms with van der Waals surface area (Å²) in [6, 6.07) is 8.97. The Morgan fingerprint density at radius 1 is 1.16 bits per heavy atom. The first-order valence-electron chi connectivity index (χ1n) is 5.64. The molecule has 0 aliphatic heterocycles. The highest BCUT2D eigenvalue weighted by Gasteiger charge is 2.15. The number of hydrogen-bond acceptors (Lipinski definition) is 4. The molecular weight excluding hydrogens is 264 g/mol. The molecule has 0 unspecified atom stereocenters. The highest BCUT2D eigenvalue weighted by molar-refractivity contribution is 7.92. The minimum Gasteiger partial charge on any atom is -0.508 e. The minimum absolute atomic E-state index is 0.00606. The van der Waals surface area contributed by atoms with E-state index in [1.165, 1.54) is 24.3 Å². The van der Waals surface area contributed by atoms with E-state index in [4.69, 9.17) is 0 Å². The van der Waals surface area contributed by atoms with Gasteiger partial charge in [0.1, 0.15) is 11.6 Å². The van der Waals surface area contributed by atoms with E-state index in [0.717, 1.165) is 11.3 Å². The van der Waals surface area contributed by atoms with Crippen LogP contribution in [0.15, 0.2) is 41.3 Å². The molecule has 2 rings (SSSR count). The second-order valence-corrected chi connectivity index (χ2v) is 5.96. The molecule has 0 fully saturated rings. The van der Waals surface area contributed by atoms with E-state index in [1.807, 2.05) is 13.0 Å². The van der Waals surface area contributed by atoms with E-state index in [1.54, 1.807) is 13.0 Å². The minimum atomic E-state index is -3.74. The lowest BCUT2D eigenvalue weighted by Gasteiger charge is -2.09. The summed E-state index contributed by atoms with van der Waals surface area (Å²) in [5.74, 6) is 0.164. The molecule has 1 aromatic carbocycles. The summed E-state index contributed by atoms with van der Waals surface area (Å²) in [6.45, 7) is 3.65. The topological polar surface area (TPSA) is 79.3 Å². The Hall–Kier alpha value is -2.08. The molecule has 0 saturated heterocycles. The zero-order chi connectivity index (χ0) is 14.0. The Morgan fingerprint density at radius 2 is 1.89 bits per heavy atom. The molecule has 0 spiro atoms. The molecule has 2 N–H and O–H groups in total. The molecule has 5 nitrogen and oxygen atoms in total. The lowest BCUT2D eigenvalue weighted by molar-refractivity contribution is 0.473. The van der Waals surface area contributed by atoms with Crippen molar-refractivity contribution in [3.63, 3.8) is 0 Å². The molecule has 6 heteroatoms. The molecular formula is C13H14N2O3S. The van der Waals surface area contributed by atoms with Gasteiger partial charge in [-0.2, -0.15) is 0 Å². The van der Waals surface area contributed by atoms with Gasteiger partial charge in [-0.3, -0.25) is 4.72 Å². The van der Waals surface area contributed by atoms with Crippen LogP contribution in [-0.2, 0) is 10.0 Å². The number of nitrogens with zero attached hydrogens (tertiary/aromatic N) is 1. The Labute approximate surface area is 112 Å². The average Bonchev–Trinajstić information content (AvgIpc) is 2.26. The maximum Gasteiger partial charge on any atom is 0.263 e. The quantitative estimate of drug-likeness (QED) is 0.902. The van der Waals surface area contributed by atoms with Crippen molar-refractivity contribution in [2.24, 2.45) is 0 Å². The van der Waals surface area contributed by atoms with Crippen molar-refractivity contribution in [1.29, 1.82) is 0 Å². The van der Waals surface area contributed by atoms with E-state index in [0.29, 0.717) is 0 Å². The van der Waals surface area contributed by atoms with Crippen LogP contribution in [0.4, 0.5) is 5.82 Å². The van der Waals surface area contributed by atoms with Crippen LogP contribution in [0.5, 0.6) is 5.75 Å². The number of aromatic hydroxyl groups is 1. The number of aryl methyl sites for hydroxylation is 2. The van der Waals surface area contributed by atoms with Gasteiger partial charge in [-0.1, -0.05) is 6.07 Å². The van der Waals surface area contributed by atoms with Crippen LogP contribution in [0.2, 0.25) is 0 Å². The molecule has 0 atom stereocenters. The van der Waals surface area contributed by atoms with Gasteiger partial charge in [0, 0.05) is 11.8 Å². The first-order chi connectivity index (χ1) is 8.87. The summed E-state index contributed by atoms with van der Waals surface area (Å²) in [6.07, 6.45) is 0. The fraction of sp³-hybridized carbons (Fsp3) is 0.154. The molecule has 1 heterocycles. The Bertz CT molecular complexity index is 691. The standard InChI is InChI=1S/C13H14N2O3S/c1-9-6-10(2)14-13(7-9)15-19(17,18)12-5-3-4-11(16)8-12/h3-8,16H,1-2H3,(H,14,15). The number of aromatic nitrogens is 1.